The summed E-state index contributed by atoms with van der Waals surface area (Å²) in [6, 6.07) is 12.9. The topological polar surface area (TPSA) is 41.4 Å². The van der Waals surface area contributed by atoms with Crippen LogP contribution < -0.4 is 10.5 Å². The maximum Gasteiger partial charge on any atom is 0.266 e. The van der Waals surface area contributed by atoms with Gasteiger partial charge in [0.1, 0.15) is 5.82 Å². The summed E-state index contributed by atoms with van der Waals surface area (Å²) in [7, 11) is 6.11. The van der Waals surface area contributed by atoms with Crippen molar-refractivity contribution in [1.29, 1.82) is 0 Å². The fourth-order valence-electron chi connectivity index (χ4n) is 2.91. The first-order valence-electron chi connectivity index (χ1n) is 8.65. The molecule has 142 valence electrons. The van der Waals surface area contributed by atoms with Crippen LogP contribution in [0, 0.1) is 0 Å². The number of hydrogen-bond acceptors (Lipinski definition) is 4. The average molecular weight is 405 g/mol. The largest absolute Gasteiger partial charge is 0.373 e. The number of anilines is 1. The normalized spacial score (nSPS) is 11.3. The minimum Gasteiger partial charge on any atom is -0.373 e. The van der Waals surface area contributed by atoms with Gasteiger partial charge < -0.3 is 9.80 Å². The van der Waals surface area contributed by atoms with Crippen LogP contribution >= 0.6 is 23.2 Å². The molecule has 0 amide bonds. The third-order valence-corrected chi connectivity index (χ3v) is 5.02. The highest BCUT2D eigenvalue weighted by atomic mass is 35.5. The number of benzene rings is 2. The summed E-state index contributed by atoms with van der Waals surface area (Å²) in [6.07, 6.45) is 0. The Balaban J connectivity index is 2.12. The molecule has 7 heteroatoms. The molecule has 1 aromatic heterocycles. The molecule has 0 atom stereocenters. The number of para-hydroxylation sites is 1. The number of nitrogens with zero attached hydrogens (tertiary/aromatic N) is 4. The average Bonchev–Trinajstić information content (AvgIpc) is 2.66. The summed E-state index contributed by atoms with van der Waals surface area (Å²) in [5.41, 5.74) is 2.05. The SMILES string of the molecule is CN(C)CCN(C)c1ccc2c(=O)n(-c3ccccc3Cl)c(CCl)nc2c1. The first-order chi connectivity index (χ1) is 12.9. The molecular weight excluding hydrogens is 383 g/mol. The van der Waals surface area contributed by atoms with Crippen molar-refractivity contribution in [2.45, 2.75) is 5.88 Å². The first kappa shape index (κ1) is 19.7. The van der Waals surface area contributed by atoms with Gasteiger partial charge in [-0.05, 0) is 44.4 Å². The molecule has 1 heterocycles. The van der Waals surface area contributed by atoms with Crippen molar-refractivity contribution >= 4 is 39.8 Å². The molecule has 0 aliphatic rings. The molecule has 2 aromatic carbocycles. The predicted molar refractivity (Wildman–Crippen MR) is 114 cm³/mol. The van der Waals surface area contributed by atoms with Gasteiger partial charge >= 0.3 is 0 Å². The molecule has 0 N–H and O–H groups in total. The minimum absolute atomic E-state index is 0.108. The van der Waals surface area contributed by atoms with Gasteiger partial charge in [-0.15, -0.1) is 11.6 Å². The zero-order chi connectivity index (χ0) is 19.6. The van der Waals surface area contributed by atoms with E-state index in [2.05, 4.69) is 14.8 Å². The molecule has 0 aliphatic heterocycles. The van der Waals surface area contributed by atoms with E-state index >= 15 is 0 Å². The highest BCUT2D eigenvalue weighted by Gasteiger charge is 2.15. The Morgan fingerprint density at radius 3 is 2.48 bits per heavy atom. The van der Waals surface area contributed by atoms with Gasteiger partial charge in [0, 0.05) is 25.8 Å². The van der Waals surface area contributed by atoms with E-state index in [9.17, 15) is 4.79 Å². The Bertz CT molecular complexity index is 1020. The van der Waals surface area contributed by atoms with Crippen molar-refractivity contribution < 1.29 is 0 Å². The quantitative estimate of drug-likeness (QED) is 0.586. The zero-order valence-electron chi connectivity index (χ0n) is 15.6. The Kier molecular flexibility index (Phi) is 6.05. The molecule has 27 heavy (non-hydrogen) atoms. The van der Waals surface area contributed by atoms with Gasteiger partial charge in [-0.1, -0.05) is 23.7 Å². The van der Waals surface area contributed by atoms with Crippen LogP contribution in [0.25, 0.3) is 16.6 Å². The molecule has 0 bridgehead atoms. The maximum absolute atomic E-state index is 13.1. The van der Waals surface area contributed by atoms with Crippen LogP contribution in [0.4, 0.5) is 5.69 Å². The van der Waals surface area contributed by atoms with E-state index in [4.69, 9.17) is 23.2 Å². The van der Waals surface area contributed by atoms with Gasteiger partial charge in [0.25, 0.3) is 5.56 Å². The number of alkyl halides is 1. The van der Waals surface area contributed by atoms with E-state index in [0.717, 1.165) is 18.8 Å². The summed E-state index contributed by atoms with van der Waals surface area (Å²) in [5, 5.41) is 1.01. The lowest BCUT2D eigenvalue weighted by Crippen LogP contribution is -2.28. The Morgan fingerprint density at radius 1 is 1.07 bits per heavy atom. The summed E-state index contributed by atoms with van der Waals surface area (Å²) >= 11 is 12.4. The summed E-state index contributed by atoms with van der Waals surface area (Å²) in [4.78, 5) is 22.1. The molecule has 0 saturated heterocycles. The first-order valence-corrected chi connectivity index (χ1v) is 9.56. The van der Waals surface area contributed by atoms with Crippen molar-refractivity contribution in [3.63, 3.8) is 0 Å². The van der Waals surface area contributed by atoms with E-state index in [1.54, 1.807) is 12.1 Å². The van der Waals surface area contributed by atoms with Crippen LogP contribution in [0.1, 0.15) is 5.82 Å². The number of rotatable bonds is 6. The molecular formula is C20H22Cl2N4O. The Hall–Kier alpha value is -2.08. The second kappa shape index (κ2) is 8.30. The molecule has 3 rings (SSSR count). The van der Waals surface area contributed by atoms with Crippen LogP contribution in [0.3, 0.4) is 0 Å². The lowest BCUT2D eigenvalue weighted by molar-refractivity contribution is 0.416. The summed E-state index contributed by atoms with van der Waals surface area (Å²) in [6.45, 7) is 1.81. The monoisotopic (exact) mass is 404 g/mol. The number of aromatic nitrogens is 2. The molecule has 3 aromatic rings. The third-order valence-electron chi connectivity index (χ3n) is 4.46. The van der Waals surface area contributed by atoms with Crippen LogP contribution in [0.2, 0.25) is 5.02 Å². The lowest BCUT2D eigenvalue weighted by atomic mass is 10.2. The van der Waals surface area contributed by atoms with Crippen LogP contribution in [0.5, 0.6) is 0 Å². The van der Waals surface area contributed by atoms with Crippen LogP contribution in [-0.4, -0.2) is 48.7 Å². The van der Waals surface area contributed by atoms with E-state index in [1.165, 1.54) is 4.57 Å². The second-order valence-electron chi connectivity index (χ2n) is 6.68. The number of halogens is 2. The maximum atomic E-state index is 13.1. The molecule has 0 aliphatic carbocycles. The predicted octanol–water partition coefficient (Wildman–Crippen LogP) is 3.78. The molecule has 0 unspecified atom stereocenters. The van der Waals surface area contributed by atoms with E-state index < -0.39 is 0 Å². The standard InChI is InChI=1S/C20H22Cl2N4O/c1-24(2)10-11-25(3)14-8-9-15-17(12-14)23-19(13-21)26(20(15)27)18-7-5-4-6-16(18)22/h4-9,12H,10-11,13H2,1-3H3. The number of hydrogen-bond donors (Lipinski definition) is 0. The molecule has 0 spiro atoms. The van der Waals surface area contributed by atoms with Gasteiger partial charge in [0.15, 0.2) is 0 Å². The third kappa shape index (κ3) is 4.10. The van der Waals surface area contributed by atoms with Gasteiger partial charge in [-0.2, -0.15) is 0 Å². The van der Waals surface area contributed by atoms with Gasteiger partial charge in [0.05, 0.1) is 27.5 Å². The fraction of sp³-hybridized carbons (Fsp3) is 0.300. The Morgan fingerprint density at radius 2 is 1.81 bits per heavy atom. The lowest BCUT2D eigenvalue weighted by Gasteiger charge is -2.22. The van der Waals surface area contributed by atoms with Gasteiger partial charge in [-0.3, -0.25) is 9.36 Å². The summed E-state index contributed by atoms with van der Waals surface area (Å²) in [5.74, 6) is 0.576. The molecule has 0 fully saturated rings. The zero-order valence-corrected chi connectivity index (χ0v) is 17.1. The van der Waals surface area contributed by atoms with Crippen molar-refractivity contribution in [2.24, 2.45) is 0 Å². The van der Waals surface area contributed by atoms with Crippen molar-refractivity contribution in [3.8, 4) is 5.69 Å². The number of likely N-dealkylation sites (N-methyl/N-ethyl adjacent to an activating group) is 2. The van der Waals surface area contributed by atoms with Gasteiger partial charge in [0.2, 0.25) is 0 Å². The van der Waals surface area contributed by atoms with Crippen LogP contribution in [-0.2, 0) is 5.88 Å². The fourth-order valence-corrected chi connectivity index (χ4v) is 3.31. The molecule has 5 nitrogen and oxygen atoms in total. The van der Waals surface area contributed by atoms with Crippen molar-refractivity contribution in [2.75, 3.05) is 39.1 Å². The Labute approximate surface area is 168 Å². The smallest absolute Gasteiger partial charge is 0.266 e. The van der Waals surface area contributed by atoms with E-state index in [1.807, 2.05) is 51.5 Å². The van der Waals surface area contributed by atoms with Crippen molar-refractivity contribution in [3.05, 3.63) is 63.7 Å². The number of fused-ring (bicyclic) bond motifs is 1. The van der Waals surface area contributed by atoms with Crippen LogP contribution in [0.15, 0.2) is 47.3 Å². The van der Waals surface area contributed by atoms with Crippen molar-refractivity contribution in [1.82, 2.24) is 14.5 Å². The van der Waals surface area contributed by atoms with E-state index in [0.29, 0.717) is 27.4 Å². The van der Waals surface area contributed by atoms with Gasteiger partial charge in [-0.25, -0.2) is 4.98 Å². The van der Waals surface area contributed by atoms with E-state index in [-0.39, 0.29) is 11.4 Å². The summed E-state index contributed by atoms with van der Waals surface area (Å²) < 4.78 is 1.49. The highest BCUT2D eigenvalue weighted by molar-refractivity contribution is 6.32. The molecule has 0 radical (unpaired) electrons. The second-order valence-corrected chi connectivity index (χ2v) is 7.35. The minimum atomic E-state index is -0.175. The highest BCUT2D eigenvalue weighted by Crippen LogP contribution is 2.23. The molecule has 0 saturated carbocycles.